The van der Waals surface area contributed by atoms with E-state index < -0.39 is 17.5 Å². The molecule has 1 heterocycles. The van der Waals surface area contributed by atoms with Crippen molar-refractivity contribution in [1.29, 1.82) is 0 Å². The van der Waals surface area contributed by atoms with Gasteiger partial charge in [0.15, 0.2) is 0 Å². The van der Waals surface area contributed by atoms with Crippen molar-refractivity contribution in [3.8, 4) is 22.3 Å². The second-order valence-corrected chi connectivity index (χ2v) is 9.74. The standard InChI is InChI=1S/C29H24N2O4S/c1-18-25(30-28(34)35-19(2)21-6-4-3-5-7-21)26(36-31-18)24-11-10-22-16-20(8-9-23(22)17-24)12-13-29(14-15-29)27(32)33/h3-11,16-17,19H,14-15H2,1-2H3,(H,30,34)(H,32,33)/t19-/m1/s1. The largest absolute Gasteiger partial charge is 0.480 e. The van der Waals surface area contributed by atoms with Crippen LogP contribution in [0.5, 0.6) is 0 Å². The minimum atomic E-state index is -0.869. The third kappa shape index (κ3) is 4.81. The smallest absolute Gasteiger partial charge is 0.412 e. The summed E-state index contributed by atoms with van der Waals surface area (Å²) in [6.07, 6.45) is 0.296. The van der Waals surface area contributed by atoms with Crippen LogP contribution in [0.4, 0.5) is 10.5 Å². The highest BCUT2D eigenvalue weighted by molar-refractivity contribution is 7.10. The minimum absolute atomic E-state index is 0.384. The van der Waals surface area contributed by atoms with Crippen molar-refractivity contribution in [2.45, 2.75) is 32.8 Å². The molecule has 0 radical (unpaired) electrons. The number of carboxylic acids is 1. The topological polar surface area (TPSA) is 88.5 Å². The molecule has 1 fully saturated rings. The number of nitrogens with one attached hydrogen (secondary N) is 1. The van der Waals surface area contributed by atoms with E-state index in [9.17, 15) is 14.7 Å². The van der Waals surface area contributed by atoms with Gasteiger partial charge in [0.1, 0.15) is 11.5 Å². The molecule has 36 heavy (non-hydrogen) atoms. The van der Waals surface area contributed by atoms with E-state index in [2.05, 4.69) is 21.5 Å². The summed E-state index contributed by atoms with van der Waals surface area (Å²) < 4.78 is 10.0. The molecule has 3 aromatic carbocycles. The third-order valence-corrected chi connectivity index (χ3v) is 7.34. The lowest BCUT2D eigenvalue weighted by Crippen LogP contribution is -2.16. The molecule has 6 nitrogen and oxygen atoms in total. The first-order chi connectivity index (χ1) is 17.3. The van der Waals surface area contributed by atoms with E-state index in [4.69, 9.17) is 4.74 Å². The first-order valence-electron chi connectivity index (χ1n) is 11.6. The molecule has 1 aliphatic rings. The molecule has 0 bridgehead atoms. The van der Waals surface area contributed by atoms with Gasteiger partial charge in [-0.3, -0.25) is 10.1 Å². The van der Waals surface area contributed by atoms with Crippen LogP contribution in [0.3, 0.4) is 0 Å². The SMILES string of the molecule is Cc1nsc(-c2ccc3cc(C#CC4(C(=O)O)CC4)ccc3c2)c1NC(=O)O[C@H](C)c1ccccc1. The molecule has 180 valence electrons. The van der Waals surface area contributed by atoms with Crippen LogP contribution in [0, 0.1) is 24.2 Å². The van der Waals surface area contributed by atoms with E-state index in [1.807, 2.05) is 80.6 Å². The normalized spacial score (nSPS) is 14.4. The first kappa shape index (κ1) is 23.6. The summed E-state index contributed by atoms with van der Waals surface area (Å²) >= 11 is 1.32. The average Bonchev–Trinajstić information content (AvgIpc) is 3.60. The molecule has 4 aromatic rings. The molecule has 7 heteroatoms. The van der Waals surface area contributed by atoms with Gasteiger partial charge in [0, 0.05) is 5.56 Å². The number of rotatable bonds is 5. The van der Waals surface area contributed by atoms with Crippen molar-refractivity contribution in [2.24, 2.45) is 5.41 Å². The van der Waals surface area contributed by atoms with Crippen LogP contribution < -0.4 is 5.32 Å². The number of hydrogen-bond acceptors (Lipinski definition) is 5. The maximum absolute atomic E-state index is 12.7. The van der Waals surface area contributed by atoms with Crippen LogP contribution >= 0.6 is 11.5 Å². The fourth-order valence-electron chi connectivity index (χ4n) is 3.97. The molecule has 1 aliphatic carbocycles. The molecule has 0 spiro atoms. The van der Waals surface area contributed by atoms with E-state index in [0.717, 1.165) is 38.0 Å². The minimum Gasteiger partial charge on any atom is -0.480 e. The van der Waals surface area contributed by atoms with Gasteiger partial charge < -0.3 is 9.84 Å². The molecule has 1 saturated carbocycles. The van der Waals surface area contributed by atoms with E-state index in [1.165, 1.54) is 11.5 Å². The molecule has 0 saturated heterocycles. The molecule has 1 aromatic heterocycles. The molecule has 2 N–H and O–H groups in total. The molecule has 1 amide bonds. The number of aromatic nitrogens is 1. The van der Waals surface area contributed by atoms with Crippen LogP contribution in [0.1, 0.15) is 42.7 Å². The van der Waals surface area contributed by atoms with Gasteiger partial charge in [0.05, 0.1) is 16.3 Å². The molecule has 1 atom stereocenters. The lowest BCUT2D eigenvalue weighted by atomic mass is 10.0. The molecular formula is C29H24N2O4S. The summed E-state index contributed by atoms with van der Waals surface area (Å²) in [6.45, 7) is 3.69. The summed E-state index contributed by atoms with van der Waals surface area (Å²) in [5, 5.41) is 14.2. The quantitative estimate of drug-likeness (QED) is 0.297. The van der Waals surface area contributed by atoms with Gasteiger partial charge in [-0.2, -0.15) is 4.37 Å². The Labute approximate surface area is 213 Å². The number of anilines is 1. The number of amides is 1. The number of nitrogens with zero attached hydrogens (tertiary/aromatic N) is 1. The maximum atomic E-state index is 12.7. The number of hydrogen-bond donors (Lipinski definition) is 2. The zero-order valence-electron chi connectivity index (χ0n) is 19.9. The number of carbonyl (C=O) groups is 2. The second-order valence-electron chi connectivity index (χ2n) is 8.97. The maximum Gasteiger partial charge on any atom is 0.412 e. The predicted octanol–water partition coefficient (Wildman–Crippen LogP) is 6.80. The number of aliphatic carboxylic acids is 1. The van der Waals surface area contributed by atoms with Crippen molar-refractivity contribution in [3.63, 3.8) is 0 Å². The summed E-state index contributed by atoms with van der Waals surface area (Å²) in [6, 6.07) is 21.4. The molecular weight excluding hydrogens is 472 g/mol. The summed E-state index contributed by atoms with van der Waals surface area (Å²) in [5.41, 5.74) is 3.12. The number of carboxylic acid groups (broad SMARTS) is 1. The number of carbonyl (C=O) groups excluding carboxylic acids is 1. The highest BCUT2D eigenvalue weighted by Gasteiger charge is 2.49. The van der Waals surface area contributed by atoms with Gasteiger partial charge in [0.2, 0.25) is 0 Å². The van der Waals surface area contributed by atoms with E-state index in [0.29, 0.717) is 18.5 Å². The van der Waals surface area contributed by atoms with Crippen molar-refractivity contribution in [1.82, 2.24) is 4.37 Å². The van der Waals surface area contributed by atoms with Gasteiger partial charge in [-0.1, -0.05) is 60.4 Å². The van der Waals surface area contributed by atoms with Crippen LogP contribution in [0.15, 0.2) is 66.7 Å². The molecule has 0 unspecified atom stereocenters. The monoisotopic (exact) mass is 496 g/mol. The van der Waals surface area contributed by atoms with E-state index >= 15 is 0 Å². The van der Waals surface area contributed by atoms with Gasteiger partial charge >= 0.3 is 12.1 Å². The van der Waals surface area contributed by atoms with Gasteiger partial charge in [-0.05, 0) is 78.3 Å². The Morgan fingerprint density at radius 3 is 2.53 bits per heavy atom. The van der Waals surface area contributed by atoms with Crippen LogP contribution in [-0.4, -0.2) is 21.5 Å². The second kappa shape index (κ2) is 9.48. The Kier molecular flexibility index (Phi) is 6.21. The van der Waals surface area contributed by atoms with Crippen LogP contribution in [-0.2, 0) is 9.53 Å². The Morgan fingerprint density at radius 1 is 1.08 bits per heavy atom. The van der Waals surface area contributed by atoms with Crippen LogP contribution in [0.2, 0.25) is 0 Å². The fraction of sp³-hybridized carbons (Fsp3) is 0.207. The summed E-state index contributed by atoms with van der Waals surface area (Å²) in [4.78, 5) is 24.9. The van der Waals surface area contributed by atoms with Crippen LogP contribution in [0.25, 0.3) is 21.2 Å². The number of ether oxygens (including phenoxy) is 1. The Bertz CT molecular complexity index is 1530. The number of aryl methyl sites for hydroxylation is 1. The van der Waals surface area contributed by atoms with E-state index in [-0.39, 0.29) is 6.10 Å². The van der Waals surface area contributed by atoms with Crippen molar-refractivity contribution in [2.75, 3.05) is 5.32 Å². The van der Waals surface area contributed by atoms with E-state index in [1.54, 1.807) is 0 Å². The number of benzene rings is 3. The first-order valence-corrected chi connectivity index (χ1v) is 12.4. The zero-order valence-corrected chi connectivity index (χ0v) is 20.7. The Morgan fingerprint density at radius 2 is 1.81 bits per heavy atom. The average molecular weight is 497 g/mol. The highest BCUT2D eigenvalue weighted by atomic mass is 32.1. The highest BCUT2D eigenvalue weighted by Crippen LogP contribution is 2.45. The predicted molar refractivity (Wildman–Crippen MR) is 141 cm³/mol. The lowest BCUT2D eigenvalue weighted by molar-refractivity contribution is -0.141. The summed E-state index contributed by atoms with van der Waals surface area (Å²) in [5.74, 6) is 5.12. The Hall–Kier alpha value is -4.15. The lowest BCUT2D eigenvalue weighted by Gasteiger charge is -2.15. The van der Waals surface area contributed by atoms with Crippen molar-refractivity contribution in [3.05, 3.63) is 83.6 Å². The van der Waals surface area contributed by atoms with Crippen molar-refractivity contribution < 1.29 is 19.4 Å². The summed E-state index contributed by atoms with van der Waals surface area (Å²) in [7, 11) is 0. The molecule has 5 rings (SSSR count). The fourth-order valence-corrected chi connectivity index (χ4v) is 4.81. The van der Waals surface area contributed by atoms with Crippen molar-refractivity contribution >= 4 is 40.1 Å². The molecule has 0 aliphatic heterocycles. The van der Waals surface area contributed by atoms with Gasteiger partial charge in [-0.25, -0.2) is 4.79 Å². The Balaban J connectivity index is 1.35. The number of fused-ring (bicyclic) bond motifs is 1. The van der Waals surface area contributed by atoms with Gasteiger partial charge in [0.25, 0.3) is 0 Å². The third-order valence-electron chi connectivity index (χ3n) is 6.35. The van der Waals surface area contributed by atoms with Gasteiger partial charge in [-0.15, -0.1) is 0 Å². The zero-order chi connectivity index (χ0) is 25.3.